The number of hydrogen-bond acceptors (Lipinski definition) is 4. The fraction of sp³-hybridized carbons (Fsp3) is 0.674. The lowest BCUT2D eigenvalue weighted by atomic mass is 9.32. The maximum absolute atomic E-state index is 14.4. The number of carbonyl (C=O) groups is 4. The Morgan fingerprint density at radius 1 is 0.865 bits per heavy atom. The molecule has 0 heterocycles. The molecule has 5 aliphatic carbocycles. The minimum Gasteiger partial charge on any atom is -0.480 e. The number of rotatable bonds is 10. The van der Waals surface area contributed by atoms with Crippen molar-refractivity contribution < 1.29 is 34.5 Å². The van der Waals surface area contributed by atoms with Gasteiger partial charge in [0.1, 0.15) is 6.54 Å². The molecule has 2 amide bonds. The molecule has 0 bridgehead atoms. The molecule has 0 radical (unpaired) electrons. The fourth-order valence-electron chi connectivity index (χ4n) is 13.5. The predicted molar refractivity (Wildman–Crippen MR) is 201 cm³/mol. The summed E-state index contributed by atoms with van der Waals surface area (Å²) in [5.41, 5.74) is 3.68. The van der Waals surface area contributed by atoms with Crippen molar-refractivity contribution in [2.24, 2.45) is 56.7 Å². The molecule has 4 N–H and O–H groups in total. The Hall–Kier alpha value is -3.62. The van der Waals surface area contributed by atoms with Gasteiger partial charge >= 0.3 is 18.0 Å². The summed E-state index contributed by atoms with van der Waals surface area (Å²) in [6.45, 7) is 18.9. The average Bonchev–Trinajstić information content (AvgIpc) is 3.47. The summed E-state index contributed by atoms with van der Waals surface area (Å²) in [6, 6.07) is 7.41. The van der Waals surface area contributed by atoms with Crippen molar-refractivity contribution in [1.29, 1.82) is 0 Å². The van der Waals surface area contributed by atoms with E-state index < -0.39 is 30.0 Å². The van der Waals surface area contributed by atoms with E-state index in [0.29, 0.717) is 36.3 Å². The molecule has 52 heavy (non-hydrogen) atoms. The highest BCUT2D eigenvalue weighted by Gasteiger charge is 2.71. The molecule has 0 unspecified atom stereocenters. The van der Waals surface area contributed by atoms with Gasteiger partial charge in [0.25, 0.3) is 0 Å². The number of allylic oxidation sites excluding steroid dienone is 3. The van der Waals surface area contributed by atoms with E-state index in [9.17, 15) is 29.4 Å². The van der Waals surface area contributed by atoms with Crippen LogP contribution >= 0.6 is 0 Å². The average molecular weight is 717 g/mol. The molecule has 0 aliphatic heterocycles. The largest absolute Gasteiger partial charge is 0.480 e. The first-order valence-corrected chi connectivity index (χ1v) is 19.5. The zero-order valence-electron chi connectivity index (χ0n) is 32.1. The van der Waals surface area contributed by atoms with Crippen molar-refractivity contribution in [3.8, 4) is 0 Å². The minimum atomic E-state index is -1.27. The van der Waals surface area contributed by atoms with Crippen molar-refractivity contribution in [3.05, 3.63) is 53.6 Å². The number of nitrogens with zero attached hydrogens (tertiary/aromatic N) is 1. The number of aliphatic carboxylic acids is 1. The number of hydrogen-bond donors (Lipinski definition) is 4. The molecule has 6 rings (SSSR count). The van der Waals surface area contributed by atoms with Gasteiger partial charge in [-0.1, -0.05) is 65.0 Å². The van der Waals surface area contributed by atoms with Crippen LogP contribution in [0.4, 0.5) is 4.79 Å². The van der Waals surface area contributed by atoms with E-state index in [1.54, 1.807) is 12.1 Å². The molecule has 284 valence electrons. The lowest BCUT2D eigenvalue weighted by molar-refractivity contribution is -0.225. The highest BCUT2D eigenvalue weighted by molar-refractivity contribution is 5.88. The fourth-order valence-corrected chi connectivity index (χ4v) is 13.5. The Morgan fingerprint density at radius 2 is 1.56 bits per heavy atom. The maximum Gasteiger partial charge on any atom is 0.407 e. The van der Waals surface area contributed by atoms with Crippen LogP contribution in [0.2, 0.25) is 0 Å². The van der Waals surface area contributed by atoms with Crippen LogP contribution < -0.4 is 5.32 Å². The standard InChI is InChI=1S/C43H60N2O7/c1-26(2)29-15-20-43(37(50)44-23-8-24-45(38(51)52)25-34(46)47)22-21-41(6)31(35(29)43)13-14-33-40(5)18-16-30(27-9-11-28(12-10-27)36(48)49)39(3,4)32(40)17-19-42(33,41)7/h9-12,16,29,31-33,35H,1,8,13-15,17-25H2,2-7H3,(H,44,50)(H,46,47)(H,48,49)(H,51,52)/t29-,31+,32-,33+,35+,40-,41+,42+,43-/m0/s1. The third-order valence-corrected chi connectivity index (χ3v) is 16.0. The van der Waals surface area contributed by atoms with Crippen LogP contribution in [0.5, 0.6) is 0 Å². The summed E-state index contributed by atoms with van der Waals surface area (Å²) in [6.07, 6.45) is 10.7. The Balaban J connectivity index is 1.25. The molecule has 4 saturated carbocycles. The Labute approximate surface area is 309 Å². The Morgan fingerprint density at radius 3 is 2.17 bits per heavy atom. The SMILES string of the molecule is C=C(C)[C@@H]1CC[C@]2(C(=O)NCCCN(CC(=O)O)C(=O)O)CC[C@]3(C)[C@H](CC[C@@H]4[C@@]5(C)CC=C(c6ccc(C(=O)O)cc6)C(C)(C)[C@@H]5CC[C@]43C)[C@@H]12. The second-order valence-corrected chi connectivity index (χ2v) is 18.5. The van der Waals surface area contributed by atoms with E-state index in [1.165, 1.54) is 11.1 Å². The highest BCUT2D eigenvalue weighted by Crippen LogP contribution is 2.77. The topological polar surface area (TPSA) is 144 Å². The van der Waals surface area contributed by atoms with Gasteiger partial charge in [0.15, 0.2) is 0 Å². The highest BCUT2D eigenvalue weighted by atomic mass is 16.4. The number of benzene rings is 1. The molecule has 4 fully saturated rings. The van der Waals surface area contributed by atoms with Crippen LogP contribution in [0.15, 0.2) is 42.5 Å². The van der Waals surface area contributed by atoms with Crippen molar-refractivity contribution in [2.45, 2.75) is 106 Å². The van der Waals surface area contributed by atoms with Gasteiger partial charge in [-0.3, -0.25) is 14.5 Å². The summed E-state index contributed by atoms with van der Waals surface area (Å²) >= 11 is 0. The summed E-state index contributed by atoms with van der Waals surface area (Å²) in [7, 11) is 0. The molecule has 1 aromatic rings. The van der Waals surface area contributed by atoms with E-state index >= 15 is 0 Å². The number of aromatic carboxylic acids is 1. The Kier molecular flexibility index (Phi) is 9.78. The Bertz CT molecular complexity index is 1660. The van der Waals surface area contributed by atoms with Crippen LogP contribution in [0.3, 0.4) is 0 Å². The van der Waals surface area contributed by atoms with E-state index in [1.807, 2.05) is 12.1 Å². The molecule has 5 aliphatic rings. The first-order valence-electron chi connectivity index (χ1n) is 19.5. The summed E-state index contributed by atoms with van der Waals surface area (Å²) in [5, 5.41) is 31.2. The van der Waals surface area contributed by atoms with E-state index in [4.69, 9.17) is 5.11 Å². The summed E-state index contributed by atoms with van der Waals surface area (Å²) < 4.78 is 0. The summed E-state index contributed by atoms with van der Waals surface area (Å²) in [5.74, 6) is -0.100. The van der Waals surface area contributed by atoms with Crippen LogP contribution in [0.25, 0.3) is 5.57 Å². The third kappa shape index (κ3) is 5.80. The smallest absolute Gasteiger partial charge is 0.407 e. The molecule has 9 heteroatoms. The number of carbonyl (C=O) groups excluding carboxylic acids is 1. The number of amides is 2. The van der Waals surface area contributed by atoms with Gasteiger partial charge in [-0.05, 0) is 146 Å². The zero-order valence-corrected chi connectivity index (χ0v) is 32.1. The molecule has 9 atom stereocenters. The van der Waals surface area contributed by atoms with Gasteiger partial charge in [-0.15, -0.1) is 0 Å². The van der Waals surface area contributed by atoms with E-state index in [2.05, 4.69) is 59.5 Å². The quantitative estimate of drug-likeness (QED) is 0.140. The lowest BCUT2D eigenvalue weighted by Gasteiger charge is -2.72. The number of carboxylic acids is 2. The second kappa shape index (κ2) is 13.3. The van der Waals surface area contributed by atoms with Crippen LogP contribution in [-0.4, -0.2) is 63.8 Å². The molecule has 0 saturated heterocycles. The molecule has 9 nitrogen and oxygen atoms in total. The van der Waals surface area contributed by atoms with Crippen LogP contribution in [0, 0.1) is 56.7 Å². The van der Waals surface area contributed by atoms with Crippen molar-refractivity contribution in [3.63, 3.8) is 0 Å². The molecule has 1 aromatic carbocycles. The number of fused-ring (bicyclic) bond motifs is 7. The second-order valence-electron chi connectivity index (χ2n) is 18.5. The van der Waals surface area contributed by atoms with Crippen molar-refractivity contribution in [1.82, 2.24) is 10.2 Å². The van der Waals surface area contributed by atoms with E-state index in [-0.39, 0.29) is 45.9 Å². The zero-order chi connectivity index (χ0) is 38.0. The first-order chi connectivity index (χ1) is 24.3. The normalized spacial score (nSPS) is 37.3. The van der Waals surface area contributed by atoms with Gasteiger partial charge in [-0.2, -0.15) is 0 Å². The summed E-state index contributed by atoms with van der Waals surface area (Å²) in [4.78, 5) is 49.5. The molecule has 0 spiro atoms. The van der Waals surface area contributed by atoms with Gasteiger partial charge < -0.3 is 20.6 Å². The third-order valence-electron chi connectivity index (χ3n) is 16.0. The molecular weight excluding hydrogens is 656 g/mol. The van der Waals surface area contributed by atoms with E-state index in [0.717, 1.165) is 68.3 Å². The molecular formula is C43H60N2O7. The number of carboxylic acid groups (broad SMARTS) is 3. The predicted octanol–water partition coefficient (Wildman–Crippen LogP) is 8.61. The van der Waals surface area contributed by atoms with Crippen LogP contribution in [-0.2, 0) is 9.59 Å². The van der Waals surface area contributed by atoms with Gasteiger partial charge in [-0.25, -0.2) is 9.59 Å². The van der Waals surface area contributed by atoms with Gasteiger partial charge in [0.2, 0.25) is 5.91 Å². The van der Waals surface area contributed by atoms with Crippen molar-refractivity contribution in [2.75, 3.05) is 19.6 Å². The maximum atomic E-state index is 14.4. The van der Waals surface area contributed by atoms with Gasteiger partial charge in [0.05, 0.1) is 11.0 Å². The van der Waals surface area contributed by atoms with Crippen LogP contribution in [0.1, 0.15) is 122 Å². The molecule has 0 aromatic heterocycles. The lowest BCUT2D eigenvalue weighted by Crippen LogP contribution is -2.66. The first kappa shape index (κ1) is 38.1. The number of nitrogens with one attached hydrogen (secondary N) is 1. The minimum absolute atomic E-state index is 0.0530. The monoisotopic (exact) mass is 716 g/mol. The van der Waals surface area contributed by atoms with Crippen molar-refractivity contribution >= 4 is 29.5 Å². The van der Waals surface area contributed by atoms with Gasteiger partial charge in [0, 0.05) is 13.1 Å².